The van der Waals surface area contributed by atoms with Crippen LogP contribution in [0.15, 0.2) is 46.2 Å². The predicted octanol–water partition coefficient (Wildman–Crippen LogP) is 4.47. The average molecular weight is 493 g/mol. The fraction of sp³-hybridized carbons (Fsp3) is 0.458. The molecule has 2 aliphatic heterocycles. The number of piperidine rings is 1. The third-order valence-electron chi connectivity index (χ3n) is 6.20. The van der Waals surface area contributed by atoms with Gasteiger partial charge < -0.3 is 10.1 Å². The number of methoxy groups -OCH3 is 1. The first-order valence-corrected chi connectivity index (χ1v) is 13.5. The van der Waals surface area contributed by atoms with Crippen LogP contribution >= 0.6 is 11.8 Å². The van der Waals surface area contributed by atoms with Crippen LogP contribution in [0.4, 0.5) is 4.39 Å². The van der Waals surface area contributed by atoms with Crippen molar-refractivity contribution in [1.29, 1.82) is 0 Å². The summed E-state index contributed by atoms with van der Waals surface area (Å²) in [5.74, 6) is 0.770. The molecule has 2 aliphatic rings. The van der Waals surface area contributed by atoms with E-state index >= 15 is 0 Å². The molecule has 0 spiro atoms. The molecule has 1 N–H and O–H groups in total. The number of amides is 1. The van der Waals surface area contributed by atoms with Crippen LogP contribution in [-0.2, 0) is 10.0 Å². The Morgan fingerprint density at radius 3 is 2.58 bits per heavy atom. The molecule has 0 radical (unpaired) electrons. The third kappa shape index (κ3) is 5.05. The highest BCUT2D eigenvalue weighted by atomic mass is 32.2. The van der Waals surface area contributed by atoms with Crippen molar-refractivity contribution in [1.82, 2.24) is 9.62 Å². The highest BCUT2D eigenvalue weighted by molar-refractivity contribution is 7.99. The lowest BCUT2D eigenvalue weighted by molar-refractivity contribution is 0.0934. The molecule has 1 amide bonds. The summed E-state index contributed by atoms with van der Waals surface area (Å²) in [5, 5.41) is 2.96. The van der Waals surface area contributed by atoms with Crippen LogP contribution in [0.2, 0.25) is 0 Å². The number of ether oxygens (including phenoxy) is 1. The summed E-state index contributed by atoms with van der Waals surface area (Å²) in [6.45, 7) is 4.97. The first kappa shape index (κ1) is 24.0. The number of carbonyl (C=O) groups is 1. The number of nitrogens with zero attached hydrogens (tertiary/aromatic N) is 1. The zero-order chi connectivity index (χ0) is 23.8. The summed E-state index contributed by atoms with van der Waals surface area (Å²) < 4.78 is 47.6. The lowest BCUT2D eigenvalue weighted by Crippen LogP contribution is -2.42. The Morgan fingerprint density at radius 2 is 1.88 bits per heavy atom. The first-order chi connectivity index (χ1) is 15.7. The van der Waals surface area contributed by atoms with Crippen LogP contribution in [0.1, 0.15) is 48.7 Å². The van der Waals surface area contributed by atoms with E-state index in [4.69, 9.17) is 4.74 Å². The lowest BCUT2D eigenvalue weighted by Gasteiger charge is -2.34. The van der Waals surface area contributed by atoms with Crippen LogP contribution in [0.3, 0.4) is 0 Å². The average Bonchev–Trinajstić information content (AvgIpc) is 2.78. The Morgan fingerprint density at radius 1 is 1.15 bits per heavy atom. The molecule has 0 unspecified atom stereocenters. The van der Waals surface area contributed by atoms with Gasteiger partial charge in [0.2, 0.25) is 10.0 Å². The van der Waals surface area contributed by atoms with Crippen LogP contribution in [-0.4, -0.2) is 44.6 Å². The van der Waals surface area contributed by atoms with E-state index in [2.05, 4.69) is 5.32 Å². The molecule has 33 heavy (non-hydrogen) atoms. The number of fused-ring (bicyclic) bond motifs is 1. The van der Waals surface area contributed by atoms with E-state index in [-0.39, 0.29) is 39.9 Å². The van der Waals surface area contributed by atoms with Gasteiger partial charge in [0, 0.05) is 29.3 Å². The molecule has 1 saturated heterocycles. The van der Waals surface area contributed by atoms with Crippen LogP contribution in [0.5, 0.6) is 5.75 Å². The molecule has 0 saturated carbocycles. The number of hydrogen-bond acceptors (Lipinski definition) is 5. The summed E-state index contributed by atoms with van der Waals surface area (Å²) in [4.78, 5) is 14.0. The van der Waals surface area contributed by atoms with Gasteiger partial charge in [-0.3, -0.25) is 4.79 Å². The molecule has 1 fully saturated rings. The number of sulfonamides is 1. The van der Waals surface area contributed by atoms with Gasteiger partial charge in [0.15, 0.2) is 0 Å². The second kappa shape index (κ2) is 9.64. The van der Waals surface area contributed by atoms with Gasteiger partial charge in [0.1, 0.15) is 16.5 Å². The number of hydrogen-bond donors (Lipinski definition) is 1. The summed E-state index contributed by atoms with van der Waals surface area (Å²) in [5.41, 5.74) is 0.973. The molecule has 3 atom stereocenters. The molecule has 2 aromatic rings. The van der Waals surface area contributed by atoms with Crippen molar-refractivity contribution in [2.24, 2.45) is 11.8 Å². The molecule has 2 aromatic carbocycles. The third-order valence-corrected chi connectivity index (χ3v) is 9.17. The van der Waals surface area contributed by atoms with Crippen LogP contribution in [0.25, 0.3) is 0 Å². The maximum Gasteiger partial charge on any atom is 0.251 e. The molecule has 2 heterocycles. The smallest absolute Gasteiger partial charge is 0.251 e. The highest BCUT2D eigenvalue weighted by Crippen LogP contribution is 2.37. The number of halogens is 1. The second-order valence-electron chi connectivity index (χ2n) is 8.98. The minimum atomic E-state index is -3.84. The maximum atomic E-state index is 13.8. The zero-order valence-electron chi connectivity index (χ0n) is 19.0. The monoisotopic (exact) mass is 492 g/mol. The molecular formula is C24H29FN2O4S2. The zero-order valence-corrected chi connectivity index (χ0v) is 20.6. The second-order valence-corrected chi connectivity index (χ2v) is 12.0. The topological polar surface area (TPSA) is 75.7 Å². The van der Waals surface area contributed by atoms with E-state index in [1.165, 1.54) is 35.7 Å². The number of rotatable bonds is 5. The summed E-state index contributed by atoms with van der Waals surface area (Å²) in [6, 6.07) is 8.72. The Bertz CT molecular complexity index is 1150. The normalized spacial score (nSPS) is 23.6. The largest absolute Gasteiger partial charge is 0.495 e. The van der Waals surface area contributed by atoms with Crippen molar-refractivity contribution in [2.75, 3.05) is 26.0 Å². The molecular weight excluding hydrogens is 463 g/mol. The quantitative estimate of drug-likeness (QED) is 0.667. The molecule has 9 heteroatoms. The Hall–Kier alpha value is -2.10. The van der Waals surface area contributed by atoms with Gasteiger partial charge in [0.05, 0.1) is 13.2 Å². The van der Waals surface area contributed by atoms with Crippen molar-refractivity contribution >= 4 is 27.7 Å². The van der Waals surface area contributed by atoms with E-state index in [9.17, 15) is 17.6 Å². The summed E-state index contributed by atoms with van der Waals surface area (Å²) >= 11 is 1.63. The van der Waals surface area contributed by atoms with Gasteiger partial charge in [-0.15, -0.1) is 11.8 Å². The molecule has 0 aromatic heterocycles. The van der Waals surface area contributed by atoms with E-state index in [1.54, 1.807) is 23.9 Å². The van der Waals surface area contributed by atoms with Crippen molar-refractivity contribution in [3.63, 3.8) is 0 Å². The predicted molar refractivity (Wildman–Crippen MR) is 127 cm³/mol. The van der Waals surface area contributed by atoms with E-state index in [0.29, 0.717) is 19.5 Å². The lowest BCUT2D eigenvalue weighted by atomic mass is 9.94. The van der Waals surface area contributed by atoms with E-state index in [1.807, 2.05) is 13.8 Å². The fourth-order valence-corrected chi connectivity index (χ4v) is 7.68. The highest BCUT2D eigenvalue weighted by Gasteiger charge is 2.34. The minimum Gasteiger partial charge on any atom is -0.495 e. The van der Waals surface area contributed by atoms with Gasteiger partial charge in [-0.25, -0.2) is 12.8 Å². The molecule has 4 rings (SSSR count). The summed E-state index contributed by atoms with van der Waals surface area (Å²) in [7, 11) is -2.42. The van der Waals surface area contributed by atoms with E-state index < -0.39 is 15.9 Å². The first-order valence-electron chi connectivity index (χ1n) is 11.1. The van der Waals surface area contributed by atoms with Crippen molar-refractivity contribution in [3.8, 4) is 5.75 Å². The van der Waals surface area contributed by atoms with Gasteiger partial charge >= 0.3 is 0 Å². The van der Waals surface area contributed by atoms with Crippen molar-refractivity contribution < 1.29 is 22.3 Å². The number of thioether (sulfide) groups is 1. The molecule has 0 bridgehead atoms. The maximum absolute atomic E-state index is 13.8. The van der Waals surface area contributed by atoms with Crippen molar-refractivity contribution in [3.05, 3.63) is 53.3 Å². The molecule has 0 aliphatic carbocycles. The van der Waals surface area contributed by atoms with Gasteiger partial charge in [0.25, 0.3) is 5.91 Å². The Labute approximate surface area is 198 Å². The van der Waals surface area contributed by atoms with Crippen molar-refractivity contribution in [2.45, 2.75) is 42.5 Å². The van der Waals surface area contributed by atoms with Crippen LogP contribution < -0.4 is 10.1 Å². The van der Waals surface area contributed by atoms with Crippen LogP contribution in [0, 0.1) is 17.7 Å². The fourth-order valence-electron chi connectivity index (χ4n) is 4.72. The molecule has 178 valence electrons. The van der Waals surface area contributed by atoms with Gasteiger partial charge in [-0.2, -0.15) is 4.31 Å². The summed E-state index contributed by atoms with van der Waals surface area (Å²) in [6.07, 6.45) is 1.64. The molecule has 6 nitrogen and oxygen atoms in total. The minimum absolute atomic E-state index is 0.00963. The number of carbonyl (C=O) groups excluding carboxylic acids is 1. The van der Waals surface area contributed by atoms with E-state index in [0.717, 1.165) is 22.6 Å². The Balaban J connectivity index is 1.62. The SMILES string of the molecule is COc1ccc(C(=O)N[C@@H]2CCSc3ccc(F)cc32)cc1S(=O)(=O)N1C[C@@H](C)C[C@H](C)C1. The number of benzene rings is 2. The van der Waals surface area contributed by atoms with Gasteiger partial charge in [-0.05, 0) is 66.6 Å². The number of nitrogens with one attached hydrogen (secondary N) is 1. The van der Waals surface area contributed by atoms with Gasteiger partial charge in [-0.1, -0.05) is 13.8 Å². The Kier molecular flexibility index (Phi) is 7.02. The standard InChI is InChI=1S/C24H29FN2O4S2/c1-15-10-16(2)14-27(13-15)33(29,30)23-11-17(4-6-21(23)31-3)24(28)26-20-8-9-32-22-7-5-18(25)12-19(20)22/h4-7,11-12,15-16,20H,8-10,13-14H2,1-3H3,(H,26,28)/t15-,16-,20+/m0/s1.